The maximum absolute atomic E-state index is 13.1. The first-order valence-corrected chi connectivity index (χ1v) is 44.4. The fourth-order valence-corrected chi connectivity index (χ4v) is 12.3. The molecule has 0 aliphatic carbocycles. The summed E-state index contributed by atoms with van der Waals surface area (Å²) in [6.45, 7) is 4.63. The van der Waals surface area contributed by atoms with Crippen molar-refractivity contribution in [2.45, 2.75) is 354 Å². The van der Waals surface area contributed by atoms with Gasteiger partial charge < -0.3 is 33.8 Å². The van der Waals surface area contributed by atoms with Crippen molar-refractivity contribution >= 4 is 39.5 Å². The van der Waals surface area contributed by atoms with Crippen LogP contribution in [0.5, 0.6) is 0 Å². The Morgan fingerprint density at radius 2 is 0.500 bits per heavy atom. The highest BCUT2D eigenvalue weighted by atomic mass is 31.2. The lowest BCUT2D eigenvalue weighted by atomic mass is 10.1. The number of unbranched alkanes of at least 4 members (excludes halogenated alkanes) is 29. The van der Waals surface area contributed by atoms with Gasteiger partial charge in [0.1, 0.15) is 19.3 Å². The van der Waals surface area contributed by atoms with E-state index in [2.05, 4.69) is 149 Å². The molecular weight excluding hydrogens is 1380 g/mol. The van der Waals surface area contributed by atoms with Crippen molar-refractivity contribution in [3.8, 4) is 0 Å². The zero-order chi connectivity index (χ0) is 77.4. The van der Waals surface area contributed by atoms with Crippen LogP contribution in [0.3, 0.4) is 0 Å². The van der Waals surface area contributed by atoms with Crippen molar-refractivity contribution in [3.05, 3.63) is 134 Å². The van der Waals surface area contributed by atoms with Gasteiger partial charge in [0.25, 0.3) is 0 Å². The van der Waals surface area contributed by atoms with E-state index in [1.54, 1.807) is 0 Å². The molecule has 0 aromatic rings. The van der Waals surface area contributed by atoms with Crippen LogP contribution in [0.2, 0.25) is 0 Å². The van der Waals surface area contributed by atoms with Crippen molar-refractivity contribution < 1.29 is 80.2 Å². The third kappa shape index (κ3) is 77.4. The molecule has 3 N–H and O–H groups in total. The van der Waals surface area contributed by atoms with Crippen molar-refractivity contribution in [3.63, 3.8) is 0 Å². The van der Waals surface area contributed by atoms with Gasteiger partial charge in [0.05, 0.1) is 26.4 Å². The number of rotatable bonds is 77. The molecule has 0 amide bonds. The van der Waals surface area contributed by atoms with Crippen LogP contribution in [0.4, 0.5) is 0 Å². The van der Waals surface area contributed by atoms with Gasteiger partial charge in [-0.25, -0.2) is 9.13 Å². The van der Waals surface area contributed by atoms with Crippen molar-refractivity contribution in [2.75, 3.05) is 39.6 Å². The molecule has 17 nitrogen and oxygen atoms in total. The topological polar surface area (TPSA) is 237 Å². The average molecular weight is 1530 g/mol. The molecule has 0 aromatic carbocycles. The van der Waals surface area contributed by atoms with E-state index in [1.165, 1.54) is 83.5 Å². The highest BCUT2D eigenvalue weighted by molar-refractivity contribution is 7.47. The van der Waals surface area contributed by atoms with E-state index >= 15 is 0 Å². The smallest absolute Gasteiger partial charge is 0.462 e. The zero-order valence-electron chi connectivity index (χ0n) is 66.6. The SMILES string of the molecule is CC/C=C\C/C=C\C/C=C\C/C=C\C/C=C\CCCCCC(=O)O[C@H](COC(=O)CCCCCCC/C=C\CCCCCCCC)COP(=O)(O)OC[C@H](O)COP(=O)(O)OC[C@@H](COC(=O)CCC/C=C\C/C=C\C/C=C\C/C=C\CCCCC)OC(=O)CCCCCCCCC/C=C\CCCCCC. The van der Waals surface area contributed by atoms with Crippen LogP contribution in [0, 0.1) is 0 Å². The molecule has 0 saturated carbocycles. The zero-order valence-corrected chi connectivity index (χ0v) is 68.4. The van der Waals surface area contributed by atoms with Gasteiger partial charge in [-0.3, -0.25) is 37.3 Å². The van der Waals surface area contributed by atoms with Crippen LogP contribution in [0.1, 0.15) is 336 Å². The molecule has 0 spiro atoms. The number of hydrogen-bond acceptors (Lipinski definition) is 15. The predicted molar refractivity (Wildman–Crippen MR) is 436 cm³/mol. The van der Waals surface area contributed by atoms with Crippen LogP contribution in [0.25, 0.3) is 0 Å². The molecule has 0 rings (SSSR count). The van der Waals surface area contributed by atoms with Gasteiger partial charge in [-0.05, 0) is 161 Å². The van der Waals surface area contributed by atoms with Crippen molar-refractivity contribution in [2.24, 2.45) is 0 Å². The first-order chi connectivity index (χ1) is 51.7. The number of carbonyl (C=O) groups is 4. The monoisotopic (exact) mass is 1530 g/mol. The molecular formula is C87H148O17P2. The summed E-state index contributed by atoms with van der Waals surface area (Å²) < 4.78 is 68.6. The minimum absolute atomic E-state index is 0.0504. The molecule has 0 fully saturated rings. The van der Waals surface area contributed by atoms with Gasteiger partial charge in [0.2, 0.25) is 0 Å². The minimum atomic E-state index is -5.00. The summed E-state index contributed by atoms with van der Waals surface area (Å²) in [6, 6.07) is 0. The summed E-state index contributed by atoms with van der Waals surface area (Å²) in [7, 11) is -9.99. The number of carbonyl (C=O) groups excluding carboxylic acids is 4. The lowest BCUT2D eigenvalue weighted by Crippen LogP contribution is -2.30. The molecule has 0 aromatic heterocycles. The number of aliphatic hydroxyl groups is 1. The Morgan fingerprint density at radius 3 is 0.840 bits per heavy atom. The molecule has 0 saturated heterocycles. The third-order valence-electron chi connectivity index (χ3n) is 17.1. The van der Waals surface area contributed by atoms with E-state index in [0.717, 1.165) is 167 Å². The second-order valence-corrected chi connectivity index (χ2v) is 30.2. The maximum atomic E-state index is 13.1. The third-order valence-corrected chi connectivity index (χ3v) is 19.0. The number of ether oxygens (including phenoxy) is 4. The molecule has 0 aliphatic rings. The second kappa shape index (κ2) is 78.3. The second-order valence-electron chi connectivity index (χ2n) is 27.3. The van der Waals surface area contributed by atoms with Gasteiger partial charge >= 0.3 is 39.5 Å². The molecule has 2 unspecified atom stereocenters. The first kappa shape index (κ1) is 101. The maximum Gasteiger partial charge on any atom is 0.472 e. The summed E-state index contributed by atoms with van der Waals surface area (Å²) in [5.74, 6) is -2.29. The lowest BCUT2D eigenvalue weighted by Gasteiger charge is -2.21. The number of phosphoric acid groups is 2. The quantitative estimate of drug-likeness (QED) is 0.0169. The van der Waals surface area contributed by atoms with E-state index in [1.807, 2.05) is 12.2 Å². The first-order valence-electron chi connectivity index (χ1n) is 41.4. The summed E-state index contributed by atoms with van der Waals surface area (Å²) >= 11 is 0. The van der Waals surface area contributed by atoms with Gasteiger partial charge in [0, 0.05) is 25.7 Å². The molecule has 0 aliphatic heterocycles. The van der Waals surface area contributed by atoms with E-state index in [9.17, 15) is 43.2 Å². The fourth-order valence-electron chi connectivity index (χ4n) is 10.8. The van der Waals surface area contributed by atoms with E-state index in [0.29, 0.717) is 32.1 Å². The summed E-state index contributed by atoms with van der Waals surface area (Å²) in [4.78, 5) is 73.1. The van der Waals surface area contributed by atoms with Gasteiger partial charge in [-0.1, -0.05) is 283 Å². The largest absolute Gasteiger partial charge is 0.472 e. The Bertz CT molecular complexity index is 2530. The summed E-state index contributed by atoms with van der Waals surface area (Å²) in [6.07, 6.45) is 88.5. The Morgan fingerprint density at radius 1 is 0.274 bits per heavy atom. The summed E-state index contributed by atoms with van der Waals surface area (Å²) in [5, 5.41) is 10.7. The molecule has 19 heteroatoms. The van der Waals surface area contributed by atoms with Gasteiger partial charge in [-0.15, -0.1) is 0 Å². The van der Waals surface area contributed by atoms with Gasteiger partial charge in [-0.2, -0.15) is 0 Å². The number of allylic oxidation sites excluding steroid dienone is 22. The van der Waals surface area contributed by atoms with Crippen LogP contribution in [-0.2, 0) is 65.4 Å². The van der Waals surface area contributed by atoms with Crippen LogP contribution in [0.15, 0.2) is 134 Å². The van der Waals surface area contributed by atoms with Crippen LogP contribution < -0.4 is 0 Å². The fraction of sp³-hybridized carbons (Fsp3) is 0.701. The molecule has 5 atom stereocenters. The molecule has 0 radical (unpaired) electrons. The number of esters is 4. The number of phosphoric ester groups is 2. The highest BCUT2D eigenvalue weighted by Crippen LogP contribution is 2.45. The highest BCUT2D eigenvalue weighted by Gasteiger charge is 2.30. The summed E-state index contributed by atoms with van der Waals surface area (Å²) in [5.41, 5.74) is 0. The molecule has 608 valence electrons. The standard InChI is InChI=1S/C87H148O17P2/c1-5-9-13-17-21-25-29-33-37-39-40-42-46-50-54-58-62-66-70-74-87(92)104-83(77-97-84(89)71-67-63-59-55-51-47-43-35-31-27-23-19-15-11-7-3)80-102-106(95,96)100-76-81(88)75-99-105(93,94)101-79-82(103-86(91)73-69-65-61-57-53-49-44-36-32-28-24-20-16-12-8-4)78-98-85(90)72-68-64-60-56-52-48-45-41-38-34-30-26-22-18-14-10-6-2/h9,13,21-22,25-26,28,32-35,37-38,40,42-43,45,48,50,54,56,60,81-83,88H,5-8,10-12,14-20,23-24,27,29-31,36,39,41,44,46-47,49,51-53,55,57-59,61-80H2,1-4H3,(H,93,94)(H,95,96)/b13-9-,25-21-,26-22-,32-28-,37-33-,38-34-,42-40-,43-35-,48-45-,54-50-,60-56-/t81-,82-,83-/m1/s1. The Labute approximate surface area is 644 Å². The van der Waals surface area contributed by atoms with Gasteiger partial charge in [0.15, 0.2) is 12.2 Å². The number of aliphatic hydroxyl groups excluding tert-OH is 1. The van der Waals surface area contributed by atoms with Crippen molar-refractivity contribution in [1.29, 1.82) is 0 Å². The van der Waals surface area contributed by atoms with Crippen molar-refractivity contribution in [1.82, 2.24) is 0 Å². The number of hydrogen-bond donors (Lipinski definition) is 3. The molecule has 0 bridgehead atoms. The molecule has 106 heavy (non-hydrogen) atoms. The minimum Gasteiger partial charge on any atom is -0.462 e. The Hall–Kier alpha value is -4.80. The van der Waals surface area contributed by atoms with Crippen LogP contribution in [-0.4, -0.2) is 96.7 Å². The van der Waals surface area contributed by atoms with E-state index < -0.39 is 97.5 Å². The Kier molecular flexibility index (Phi) is 74.8. The lowest BCUT2D eigenvalue weighted by molar-refractivity contribution is -0.161. The normalized spacial score (nSPS) is 14.5. The Balaban J connectivity index is 5.46. The van der Waals surface area contributed by atoms with Crippen LogP contribution >= 0.6 is 15.6 Å². The molecule has 0 heterocycles. The van der Waals surface area contributed by atoms with E-state index in [-0.39, 0.29) is 25.7 Å². The van der Waals surface area contributed by atoms with E-state index in [4.69, 9.17) is 37.0 Å². The average Bonchev–Trinajstić information content (AvgIpc) is 0.908. The predicted octanol–water partition coefficient (Wildman–Crippen LogP) is 24.4.